The van der Waals surface area contributed by atoms with Crippen LogP contribution in [-0.2, 0) is 10.5 Å². The predicted molar refractivity (Wildman–Crippen MR) is 135 cm³/mol. The summed E-state index contributed by atoms with van der Waals surface area (Å²) < 4.78 is 0. The third-order valence-corrected chi connectivity index (χ3v) is 9.07. The number of rotatable bonds is 6. The lowest BCUT2D eigenvalue weighted by atomic mass is 9.88. The summed E-state index contributed by atoms with van der Waals surface area (Å²) in [5, 5.41) is 1.13. The van der Waals surface area contributed by atoms with Crippen molar-refractivity contribution in [1.82, 2.24) is 19.8 Å². The van der Waals surface area contributed by atoms with Crippen molar-refractivity contribution in [3.63, 3.8) is 0 Å². The highest BCUT2D eigenvalue weighted by Gasteiger charge is 2.48. The minimum atomic E-state index is -0.140. The number of hydrogen-bond acceptors (Lipinski definition) is 6. The number of fused-ring (bicyclic) bond motifs is 1. The second-order valence-electron chi connectivity index (χ2n) is 9.75. The van der Waals surface area contributed by atoms with Gasteiger partial charge in [0.1, 0.15) is 12.1 Å². The number of carbonyl (C=O) groups is 1. The lowest BCUT2D eigenvalue weighted by Crippen LogP contribution is -2.51. The topological polar surface area (TPSA) is 52.6 Å². The van der Waals surface area contributed by atoms with E-state index in [1.165, 1.54) is 5.56 Å². The number of amides is 1. The lowest BCUT2D eigenvalue weighted by Gasteiger charge is -2.38. The van der Waals surface area contributed by atoms with Crippen LogP contribution in [0.1, 0.15) is 54.2 Å². The van der Waals surface area contributed by atoms with E-state index in [2.05, 4.69) is 45.7 Å². The molecule has 2 aromatic rings. The fourth-order valence-corrected chi connectivity index (χ4v) is 6.42. The van der Waals surface area contributed by atoms with E-state index in [4.69, 9.17) is 11.6 Å². The van der Waals surface area contributed by atoms with Crippen molar-refractivity contribution in [2.45, 2.75) is 48.6 Å². The summed E-state index contributed by atoms with van der Waals surface area (Å²) in [6, 6.07) is 7.85. The van der Waals surface area contributed by atoms with Crippen LogP contribution in [0, 0.1) is 0 Å². The number of carbonyl (C=O) groups excluding carboxylic acids is 1. The van der Waals surface area contributed by atoms with Crippen LogP contribution >= 0.6 is 23.4 Å². The monoisotopic (exact) mass is 485 g/mol. The minimum Gasteiger partial charge on any atom is -0.353 e. The summed E-state index contributed by atoms with van der Waals surface area (Å²) in [4.78, 5) is 29.6. The van der Waals surface area contributed by atoms with Gasteiger partial charge >= 0.3 is 0 Å². The first-order valence-electron chi connectivity index (χ1n) is 11.8. The van der Waals surface area contributed by atoms with Gasteiger partial charge in [-0.15, -0.1) is 11.8 Å². The molecule has 2 atom stereocenters. The highest BCUT2D eigenvalue weighted by Crippen LogP contribution is 2.48. The SMILES string of the molecule is CC1SCc2ncnc(N3CCN(C(=O)C(CC4(N(C)C)CC4)c4ccc(Cl)cc4)CC3)c21. The molecule has 0 spiro atoms. The van der Waals surface area contributed by atoms with E-state index in [0.29, 0.717) is 10.3 Å². The van der Waals surface area contributed by atoms with E-state index in [9.17, 15) is 4.79 Å². The molecule has 3 heterocycles. The van der Waals surface area contributed by atoms with Gasteiger partial charge in [-0.2, -0.15) is 0 Å². The van der Waals surface area contributed by atoms with Crippen LogP contribution in [0.2, 0.25) is 5.02 Å². The van der Waals surface area contributed by atoms with Gasteiger partial charge in [-0.3, -0.25) is 4.79 Å². The van der Waals surface area contributed by atoms with Crippen LogP contribution in [0.15, 0.2) is 30.6 Å². The van der Waals surface area contributed by atoms with Gasteiger partial charge in [0.25, 0.3) is 0 Å². The molecule has 0 bridgehead atoms. The van der Waals surface area contributed by atoms with Crippen molar-refractivity contribution >= 4 is 35.1 Å². The summed E-state index contributed by atoms with van der Waals surface area (Å²) in [6.07, 6.45) is 4.85. The molecular weight excluding hydrogens is 454 g/mol. The van der Waals surface area contributed by atoms with Crippen LogP contribution in [0.25, 0.3) is 0 Å². The zero-order chi connectivity index (χ0) is 23.2. The maximum atomic E-state index is 13.8. The number of aromatic nitrogens is 2. The molecule has 6 nitrogen and oxygen atoms in total. The maximum absolute atomic E-state index is 13.8. The molecule has 1 aliphatic carbocycles. The van der Waals surface area contributed by atoms with Crippen molar-refractivity contribution in [3.05, 3.63) is 52.4 Å². The Morgan fingerprint density at radius 2 is 1.88 bits per heavy atom. The average Bonchev–Trinajstić information content (AvgIpc) is 3.53. The first-order chi connectivity index (χ1) is 15.9. The van der Waals surface area contributed by atoms with Crippen LogP contribution in [0.5, 0.6) is 0 Å². The van der Waals surface area contributed by atoms with E-state index in [0.717, 1.165) is 68.3 Å². The molecule has 1 aromatic heterocycles. The Kier molecular flexibility index (Phi) is 6.31. The molecule has 1 amide bonds. The highest BCUT2D eigenvalue weighted by molar-refractivity contribution is 7.99. The first kappa shape index (κ1) is 22.9. The highest BCUT2D eigenvalue weighted by atomic mass is 35.5. The normalized spacial score (nSPS) is 22.4. The molecule has 2 aliphatic heterocycles. The van der Waals surface area contributed by atoms with E-state index >= 15 is 0 Å². The van der Waals surface area contributed by atoms with E-state index in [1.807, 2.05) is 36.0 Å². The Bertz CT molecular complexity index is 1020. The molecule has 8 heteroatoms. The van der Waals surface area contributed by atoms with E-state index in [1.54, 1.807) is 6.33 Å². The molecule has 5 rings (SSSR count). The first-order valence-corrected chi connectivity index (χ1v) is 13.2. The number of halogens is 1. The average molecular weight is 486 g/mol. The Labute approximate surface area is 205 Å². The molecule has 1 aromatic carbocycles. The summed E-state index contributed by atoms with van der Waals surface area (Å²) in [7, 11) is 4.27. The smallest absolute Gasteiger partial charge is 0.230 e. The molecule has 1 saturated carbocycles. The van der Waals surface area contributed by atoms with E-state index < -0.39 is 0 Å². The lowest BCUT2D eigenvalue weighted by molar-refractivity contribution is -0.133. The number of hydrogen-bond donors (Lipinski definition) is 0. The molecule has 0 N–H and O–H groups in total. The number of benzene rings is 1. The van der Waals surface area contributed by atoms with Gasteiger partial charge < -0.3 is 14.7 Å². The van der Waals surface area contributed by atoms with Crippen LogP contribution in [-0.4, -0.2) is 71.5 Å². The second kappa shape index (κ2) is 9.08. The van der Waals surface area contributed by atoms with Gasteiger partial charge in [-0.05, 0) is 58.0 Å². The van der Waals surface area contributed by atoms with Gasteiger partial charge in [-0.1, -0.05) is 23.7 Å². The molecule has 2 fully saturated rings. The summed E-state index contributed by atoms with van der Waals surface area (Å²) in [6.45, 7) is 5.28. The van der Waals surface area contributed by atoms with Gasteiger partial charge in [0.15, 0.2) is 0 Å². The Hall–Kier alpha value is -1.83. The molecule has 3 aliphatic rings. The van der Waals surface area contributed by atoms with Crippen LogP contribution < -0.4 is 4.90 Å². The summed E-state index contributed by atoms with van der Waals surface area (Å²) in [5.41, 5.74) is 3.65. The molecular formula is C25H32ClN5OS. The minimum absolute atomic E-state index is 0.136. The second-order valence-corrected chi connectivity index (χ2v) is 11.5. The van der Waals surface area contributed by atoms with Crippen molar-refractivity contribution in [1.29, 1.82) is 0 Å². The number of piperazine rings is 1. The Balaban J connectivity index is 1.32. The fraction of sp³-hybridized carbons (Fsp3) is 0.560. The molecule has 176 valence electrons. The largest absolute Gasteiger partial charge is 0.353 e. The fourth-order valence-electron chi connectivity index (χ4n) is 5.25. The summed E-state index contributed by atoms with van der Waals surface area (Å²) >= 11 is 8.06. The molecule has 2 unspecified atom stereocenters. The maximum Gasteiger partial charge on any atom is 0.230 e. The number of nitrogens with zero attached hydrogens (tertiary/aromatic N) is 5. The van der Waals surface area contributed by atoms with Crippen molar-refractivity contribution in [3.8, 4) is 0 Å². The molecule has 1 saturated heterocycles. The standard InChI is InChI=1S/C25H32ClN5OS/c1-17-22-21(15-33-17)27-16-28-23(22)30-10-12-31(13-11-30)24(32)20(14-25(8-9-25)29(2)3)18-4-6-19(26)7-5-18/h4-7,16-17,20H,8-15H2,1-3H3. The number of anilines is 1. The van der Waals surface area contributed by atoms with Gasteiger partial charge in [-0.25, -0.2) is 9.97 Å². The van der Waals surface area contributed by atoms with Crippen molar-refractivity contribution in [2.75, 3.05) is 45.2 Å². The number of thioether (sulfide) groups is 1. The van der Waals surface area contributed by atoms with E-state index in [-0.39, 0.29) is 17.4 Å². The van der Waals surface area contributed by atoms with Crippen molar-refractivity contribution < 1.29 is 4.79 Å². The summed E-state index contributed by atoms with van der Waals surface area (Å²) in [5.74, 6) is 2.12. The molecule has 0 radical (unpaired) electrons. The van der Waals surface area contributed by atoms with Gasteiger partial charge in [0.2, 0.25) is 5.91 Å². The third kappa shape index (κ3) is 4.47. The third-order valence-electron chi connectivity index (χ3n) is 7.64. The van der Waals surface area contributed by atoms with Gasteiger partial charge in [0, 0.05) is 53.3 Å². The Morgan fingerprint density at radius 3 is 2.52 bits per heavy atom. The Morgan fingerprint density at radius 1 is 1.18 bits per heavy atom. The quantitative estimate of drug-likeness (QED) is 0.606. The zero-order valence-corrected chi connectivity index (χ0v) is 21.2. The van der Waals surface area contributed by atoms with Gasteiger partial charge in [0.05, 0.1) is 11.6 Å². The van der Waals surface area contributed by atoms with Crippen LogP contribution in [0.4, 0.5) is 5.82 Å². The molecule has 33 heavy (non-hydrogen) atoms. The zero-order valence-electron chi connectivity index (χ0n) is 19.6. The van der Waals surface area contributed by atoms with Crippen LogP contribution in [0.3, 0.4) is 0 Å². The van der Waals surface area contributed by atoms with Crippen molar-refractivity contribution in [2.24, 2.45) is 0 Å². The predicted octanol–water partition coefficient (Wildman–Crippen LogP) is 4.35.